The number of hydrogen-bond acceptors (Lipinski definition) is 1. The number of hydrogen-bond donors (Lipinski definition) is 1. The lowest BCUT2D eigenvalue weighted by atomic mass is 9.80. The number of piperidine rings is 1. The smallest absolute Gasteiger partial charge is 0.0839 e. The SMILES string of the molecule is C[N+]1(C)CCC(c2ccccc2)C(CO)C1. The van der Waals surface area contributed by atoms with Crippen LogP contribution in [0.5, 0.6) is 0 Å². The molecule has 0 radical (unpaired) electrons. The number of aliphatic hydroxyl groups is 1. The molecule has 2 atom stereocenters. The lowest BCUT2D eigenvalue weighted by molar-refractivity contribution is -0.899. The van der Waals surface area contributed by atoms with Crippen LogP contribution in [-0.2, 0) is 0 Å². The van der Waals surface area contributed by atoms with Crippen molar-refractivity contribution in [2.75, 3.05) is 33.8 Å². The third-order valence-electron chi connectivity index (χ3n) is 3.81. The Labute approximate surface area is 98.1 Å². The van der Waals surface area contributed by atoms with Gasteiger partial charge in [0.15, 0.2) is 0 Å². The van der Waals surface area contributed by atoms with Gasteiger partial charge >= 0.3 is 0 Å². The summed E-state index contributed by atoms with van der Waals surface area (Å²) in [5.74, 6) is 0.948. The molecule has 2 nitrogen and oxygen atoms in total. The predicted molar refractivity (Wildman–Crippen MR) is 66.2 cm³/mol. The van der Waals surface area contributed by atoms with Gasteiger partial charge in [-0.15, -0.1) is 0 Å². The minimum Gasteiger partial charge on any atom is -0.396 e. The topological polar surface area (TPSA) is 20.2 Å². The maximum atomic E-state index is 9.54. The van der Waals surface area contributed by atoms with Crippen LogP contribution in [0, 0.1) is 5.92 Å². The molecule has 0 amide bonds. The quantitative estimate of drug-likeness (QED) is 0.754. The fraction of sp³-hybridized carbons (Fsp3) is 0.571. The van der Waals surface area contributed by atoms with Crippen LogP contribution < -0.4 is 0 Å². The molecule has 1 aliphatic rings. The Morgan fingerprint density at radius 1 is 1.25 bits per heavy atom. The lowest BCUT2D eigenvalue weighted by Crippen LogP contribution is -2.50. The first-order chi connectivity index (χ1) is 7.62. The van der Waals surface area contributed by atoms with Gasteiger partial charge in [-0.1, -0.05) is 30.3 Å². The van der Waals surface area contributed by atoms with Gasteiger partial charge in [-0.2, -0.15) is 0 Å². The molecule has 0 aliphatic carbocycles. The van der Waals surface area contributed by atoms with E-state index in [1.165, 1.54) is 18.5 Å². The fourth-order valence-electron chi connectivity index (χ4n) is 2.90. The maximum Gasteiger partial charge on any atom is 0.0839 e. The molecule has 0 saturated carbocycles. The molecule has 0 spiro atoms. The molecule has 16 heavy (non-hydrogen) atoms. The van der Waals surface area contributed by atoms with Crippen LogP contribution in [0.25, 0.3) is 0 Å². The van der Waals surface area contributed by atoms with E-state index in [1.54, 1.807) is 0 Å². The van der Waals surface area contributed by atoms with Crippen LogP contribution in [0.3, 0.4) is 0 Å². The highest BCUT2D eigenvalue weighted by Crippen LogP contribution is 2.34. The van der Waals surface area contributed by atoms with Crippen molar-refractivity contribution in [3.05, 3.63) is 35.9 Å². The Bertz CT molecular complexity index is 334. The molecule has 1 aromatic carbocycles. The number of aliphatic hydroxyl groups excluding tert-OH is 1. The zero-order valence-corrected chi connectivity index (χ0v) is 10.3. The fourth-order valence-corrected chi connectivity index (χ4v) is 2.90. The van der Waals surface area contributed by atoms with Crippen LogP contribution in [0.2, 0.25) is 0 Å². The Balaban J connectivity index is 2.17. The van der Waals surface area contributed by atoms with Gasteiger partial charge in [0.25, 0.3) is 0 Å². The number of rotatable bonds is 2. The minimum atomic E-state index is 0.307. The van der Waals surface area contributed by atoms with Crippen molar-refractivity contribution in [1.82, 2.24) is 0 Å². The molecule has 0 aromatic heterocycles. The highest BCUT2D eigenvalue weighted by Gasteiger charge is 2.35. The molecule has 88 valence electrons. The van der Waals surface area contributed by atoms with E-state index in [0.29, 0.717) is 18.4 Å². The van der Waals surface area contributed by atoms with Crippen molar-refractivity contribution in [3.63, 3.8) is 0 Å². The summed E-state index contributed by atoms with van der Waals surface area (Å²) < 4.78 is 1.04. The van der Waals surface area contributed by atoms with Gasteiger partial charge in [0.05, 0.1) is 33.8 Å². The number of benzene rings is 1. The van der Waals surface area contributed by atoms with E-state index in [9.17, 15) is 5.11 Å². The standard InChI is InChI=1S/C14H22NO/c1-15(2)9-8-14(13(10-15)11-16)12-6-4-3-5-7-12/h3-7,13-14,16H,8-11H2,1-2H3/q+1. The average Bonchev–Trinajstić information content (AvgIpc) is 2.29. The minimum absolute atomic E-state index is 0.307. The Morgan fingerprint density at radius 3 is 2.56 bits per heavy atom. The summed E-state index contributed by atoms with van der Waals surface area (Å²) in [5, 5.41) is 9.54. The molecule has 2 rings (SSSR count). The maximum absolute atomic E-state index is 9.54. The third-order valence-corrected chi connectivity index (χ3v) is 3.81. The normalized spacial score (nSPS) is 28.9. The largest absolute Gasteiger partial charge is 0.396 e. The monoisotopic (exact) mass is 220 g/mol. The zero-order chi connectivity index (χ0) is 11.6. The van der Waals surface area contributed by atoms with E-state index >= 15 is 0 Å². The van der Waals surface area contributed by atoms with E-state index in [4.69, 9.17) is 0 Å². The second-order valence-corrected chi connectivity index (χ2v) is 5.59. The second kappa shape index (κ2) is 4.56. The number of quaternary nitrogens is 1. The summed E-state index contributed by atoms with van der Waals surface area (Å²) in [5.41, 5.74) is 1.39. The molecule has 1 heterocycles. The van der Waals surface area contributed by atoms with Crippen LogP contribution in [0.1, 0.15) is 17.9 Å². The molecule has 1 aliphatic heterocycles. The van der Waals surface area contributed by atoms with Crippen LogP contribution >= 0.6 is 0 Å². The van der Waals surface area contributed by atoms with Crippen molar-refractivity contribution < 1.29 is 9.59 Å². The molecule has 1 aromatic rings. The zero-order valence-electron chi connectivity index (χ0n) is 10.3. The second-order valence-electron chi connectivity index (χ2n) is 5.59. The molecule has 1 fully saturated rings. The van der Waals surface area contributed by atoms with Gasteiger partial charge in [0, 0.05) is 12.3 Å². The van der Waals surface area contributed by atoms with Crippen LogP contribution in [0.15, 0.2) is 30.3 Å². The number of likely N-dealkylation sites (tertiary alicyclic amines) is 1. The van der Waals surface area contributed by atoms with Gasteiger partial charge in [-0.25, -0.2) is 0 Å². The van der Waals surface area contributed by atoms with Crippen molar-refractivity contribution in [2.24, 2.45) is 5.92 Å². The summed E-state index contributed by atoms with van der Waals surface area (Å²) in [6, 6.07) is 10.6. The van der Waals surface area contributed by atoms with Crippen molar-refractivity contribution in [3.8, 4) is 0 Å². The van der Waals surface area contributed by atoms with Crippen molar-refractivity contribution in [1.29, 1.82) is 0 Å². The van der Waals surface area contributed by atoms with Crippen molar-refractivity contribution >= 4 is 0 Å². The van der Waals surface area contributed by atoms with Gasteiger partial charge in [-0.05, 0) is 11.5 Å². The molecule has 1 N–H and O–H groups in total. The average molecular weight is 220 g/mol. The molecule has 1 saturated heterocycles. The van der Waals surface area contributed by atoms with Crippen molar-refractivity contribution in [2.45, 2.75) is 12.3 Å². The van der Waals surface area contributed by atoms with Gasteiger partial charge in [0.2, 0.25) is 0 Å². The lowest BCUT2D eigenvalue weighted by Gasteiger charge is -2.42. The van der Waals surface area contributed by atoms with Gasteiger partial charge in [-0.3, -0.25) is 0 Å². The van der Waals surface area contributed by atoms with E-state index < -0.39 is 0 Å². The first-order valence-corrected chi connectivity index (χ1v) is 6.10. The summed E-state index contributed by atoms with van der Waals surface area (Å²) in [6.45, 7) is 2.59. The summed E-state index contributed by atoms with van der Waals surface area (Å²) in [6.07, 6.45) is 1.18. The summed E-state index contributed by atoms with van der Waals surface area (Å²) in [7, 11) is 4.51. The predicted octanol–water partition coefficient (Wildman–Crippen LogP) is 1.86. The van der Waals surface area contributed by atoms with E-state index in [1.807, 2.05) is 0 Å². The first-order valence-electron chi connectivity index (χ1n) is 6.10. The summed E-state index contributed by atoms with van der Waals surface area (Å²) >= 11 is 0. The van der Waals surface area contributed by atoms with E-state index in [2.05, 4.69) is 44.4 Å². The summed E-state index contributed by atoms with van der Waals surface area (Å²) in [4.78, 5) is 0. The first kappa shape index (κ1) is 11.6. The molecule has 0 bridgehead atoms. The molecule has 2 unspecified atom stereocenters. The Kier molecular flexibility index (Phi) is 3.31. The van der Waals surface area contributed by atoms with Gasteiger partial charge < -0.3 is 9.59 Å². The van der Waals surface area contributed by atoms with Crippen LogP contribution in [0.4, 0.5) is 0 Å². The molecular formula is C14H22NO+. The van der Waals surface area contributed by atoms with E-state index in [0.717, 1.165) is 11.0 Å². The number of nitrogens with zero attached hydrogens (tertiary/aromatic N) is 1. The molecular weight excluding hydrogens is 198 g/mol. The van der Waals surface area contributed by atoms with Gasteiger partial charge in [0.1, 0.15) is 0 Å². The van der Waals surface area contributed by atoms with Crippen LogP contribution in [-0.4, -0.2) is 43.4 Å². The highest BCUT2D eigenvalue weighted by atomic mass is 16.3. The van der Waals surface area contributed by atoms with E-state index in [-0.39, 0.29) is 0 Å². The Morgan fingerprint density at radius 2 is 1.94 bits per heavy atom. The highest BCUT2D eigenvalue weighted by molar-refractivity contribution is 5.20. The Hall–Kier alpha value is -0.860. The molecule has 2 heteroatoms. The third kappa shape index (κ3) is 2.45.